The average molecular weight is 256 g/mol. The van der Waals surface area contributed by atoms with Crippen LogP contribution in [0, 0.1) is 5.92 Å². The third-order valence-corrected chi connectivity index (χ3v) is 4.69. The minimum absolute atomic E-state index is 0.166. The summed E-state index contributed by atoms with van der Waals surface area (Å²) in [4.78, 5) is 14.7. The first-order valence-corrected chi connectivity index (χ1v) is 8.04. The van der Waals surface area contributed by atoms with E-state index >= 15 is 0 Å². The Hall–Kier alpha value is -0.220. The molecule has 0 aromatic carbocycles. The van der Waals surface area contributed by atoms with E-state index < -0.39 is 0 Å². The molecule has 1 N–H and O–H groups in total. The molecule has 1 saturated carbocycles. The summed E-state index contributed by atoms with van der Waals surface area (Å²) in [6.07, 6.45) is 5.46. The van der Waals surface area contributed by atoms with Crippen LogP contribution in [0.5, 0.6) is 0 Å². The van der Waals surface area contributed by atoms with Crippen LogP contribution in [0.2, 0.25) is 0 Å². The highest BCUT2D eigenvalue weighted by Gasteiger charge is 2.60. The lowest BCUT2D eigenvalue weighted by Crippen LogP contribution is -2.48. The standard InChI is InChI=1S/C13H24N2OS/c1-5-10(8-17-4)15-11(9(2)3)14-13(6-7-13)12(15)16/h9-11,14H,5-8H2,1-4H3. The minimum atomic E-state index is -0.166. The van der Waals surface area contributed by atoms with Gasteiger partial charge in [0.2, 0.25) is 5.91 Å². The molecule has 2 atom stereocenters. The van der Waals surface area contributed by atoms with Gasteiger partial charge in [-0.15, -0.1) is 0 Å². The van der Waals surface area contributed by atoms with Crippen molar-refractivity contribution in [1.29, 1.82) is 0 Å². The molecule has 1 saturated heterocycles. The molecule has 0 aromatic heterocycles. The van der Waals surface area contributed by atoms with Crippen LogP contribution in [0.1, 0.15) is 40.0 Å². The summed E-state index contributed by atoms with van der Waals surface area (Å²) in [6, 6.07) is 0.386. The van der Waals surface area contributed by atoms with E-state index in [1.54, 1.807) is 0 Å². The maximum atomic E-state index is 12.5. The zero-order valence-electron chi connectivity index (χ0n) is 11.3. The van der Waals surface area contributed by atoms with Gasteiger partial charge in [0.1, 0.15) is 0 Å². The molecule has 2 unspecified atom stereocenters. The van der Waals surface area contributed by atoms with E-state index in [4.69, 9.17) is 0 Å². The van der Waals surface area contributed by atoms with Crippen molar-refractivity contribution in [1.82, 2.24) is 10.2 Å². The predicted octanol–water partition coefficient (Wildman–Crippen LogP) is 2.07. The number of carbonyl (C=O) groups is 1. The summed E-state index contributed by atoms with van der Waals surface area (Å²) in [5, 5.41) is 3.58. The number of amides is 1. The Labute approximate surface area is 109 Å². The van der Waals surface area contributed by atoms with E-state index in [2.05, 4.69) is 37.2 Å². The smallest absolute Gasteiger partial charge is 0.244 e. The first-order valence-electron chi connectivity index (χ1n) is 6.65. The number of nitrogens with one attached hydrogen (secondary N) is 1. The SMILES string of the molecule is CCC(CSC)N1C(=O)C2(CC2)NC1C(C)C. The Morgan fingerprint density at radius 3 is 2.59 bits per heavy atom. The van der Waals surface area contributed by atoms with Gasteiger partial charge in [-0.25, -0.2) is 0 Å². The molecule has 98 valence electrons. The van der Waals surface area contributed by atoms with E-state index in [-0.39, 0.29) is 11.7 Å². The van der Waals surface area contributed by atoms with Crippen molar-refractivity contribution in [3.8, 4) is 0 Å². The van der Waals surface area contributed by atoms with Gasteiger partial charge >= 0.3 is 0 Å². The third-order valence-electron chi connectivity index (χ3n) is 3.97. The van der Waals surface area contributed by atoms with Crippen molar-refractivity contribution < 1.29 is 4.79 Å². The second kappa shape index (κ2) is 4.81. The Bertz CT molecular complexity index is 302. The van der Waals surface area contributed by atoms with Crippen LogP contribution >= 0.6 is 11.8 Å². The van der Waals surface area contributed by atoms with Gasteiger partial charge in [-0.1, -0.05) is 20.8 Å². The van der Waals surface area contributed by atoms with Gasteiger partial charge in [-0.3, -0.25) is 10.1 Å². The van der Waals surface area contributed by atoms with Crippen LogP contribution in [-0.4, -0.2) is 40.6 Å². The quantitative estimate of drug-likeness (QED) is 0.817. The molecule has 1 aliphatic heterocycles. The first-order chi connectivity index (χ1) is 8.05. The van der Waals surface area contributed by atoms with Gasteiger partial charge in [0.15, 0.2) is 0 Å². The fraction of sp³-hybridized carbons (Fsp3) is 0.923. The number of thioether (sulfide) groups is 1. The maximum Gasteiger partial charge on any atom is 0.244 e. The molecule has 3 nitrogen and oxygen atoms in total. The summed E-state index contributed by atoms with van der Waals surface area (Å²) in [6.45, 7) is 6.58. The summed E-state index contributed by atoms with van der Waals surface area (Å²) in [7, 11) is 0. The first kappa shape index (κ1) is 13.2. The van der Waals surface area contributed by atoms with Gasteiger partial charge in [-0.05, 0) is 31.4 Å². The lowest BCUT2D eigenvalue weighted by atomic mass is 10.1. The van der Waals surface area contributed by atoms with E-state index in [1.807, 2.05) is 11.8 Å². The largest absolute Gasteiger partial charge is 0.321 e. The number of nitrogens with zero attached hydrogens (tertiary/aromatic N) is 1. The lowest BCUT2D eigenvalue weighted by Gasteiger charge is -2.34. The fourth-order valence-electron chi connectivity index (χ4n) is 2.74. The molecular weight excluding hydrogens is 232 g/mol. The molecule has 2 fully saturated rings. The second-order valence-corrected chi connectivity index (χ2v) is 6.56. The molecule has 0 bridgehead atoms. The van der Waals surface area contributed by atoms with Crippen LogP contribution in [0.15, 0.2) is 0 Å². The average Bonchev–Trinajstić information content (AvgIpc) is 3.00. The summed E-state index contributed by atoms with van der Waals surface area (Å²) in [5.41, 5.74) is -0.166. The molecule has 1 amide bonds. The Balaban J connectivity index is 2.18. The van der Waals surface area contributed by atoms with E-state index in [0.717, 1.165) is 25.0 Å². The van der Waals surface area contributed by atoms with Crippen molar-refractivity contribution >= 4 is 17.7 Å². The van der Waals surface area contributed by atoms with Gasteiger partial charge in [-0.2, -0.15) is 11.8 Å². The van der Waals surface area contributed by atoms with Crippen molar-refractivity contribution in [2.45, 2.75) is 57.8 Å². The van der Waals surface area contributed by atoms with Crippen LogP contribution in [0.3, 0.4) is 0 Å². The molecule has 4 heteroatoms. The lowest BCUT2D eigenvalue weighted by molar-refractivity contribution is -0.133. The van der Waals surface area contributed by atoms with Crippen molar-refractivity contribution in [3.05, 3.63) is 0 Å². The molecule has 0 radical (unpaired) electrons. The van der Waals surface area contributed by atoms with Crippen LogP contribution in [-0.2, 0) is 4.79 Å². The normalized spacial score (nSPS) is 28.2. The predicted molar refractivity (Wildman–Crippen MR) is 73.0 cm³/mol. The highest BCUT2D eigenvalue weighted by Crippen LogP contribution is 2.44. The number of hydrogen-bond donors (Lipinski definition) is 1. The summed E-state index contributed by atoms with van der Waals surface area (Å²) in [5.74, 6) is 1.88. The highest BCUT2D eigenvalue weighted by atomic mass is 32.2. The fourth-order valence-corrected chi connectivity index (χ4v) is 3.52. The summed E-state index contributed by atoms with van der Waals surface area (Å²) < 4.78 is 0. The van der Waals surface area contributed by atoms with Gasteiger partial charge in [0, 0.05) is 11.8 Å². The molecular formula is C13H24N2OS. The second-order valence-electron chi connectivity index (χ2n) is 5.65. The van der Waals surface area contributed by atoms with Crippen molar-refractivity contribution in [2.24, 2.45) is 5.92 Å². The monoisotopic (exact) mass is 256 g/mol. The van der Waals surface area contributed by atoms with Crippen molar-refractivity contribution in [3.63, 3.8) is 0 Å². The zero-order chi connectivity index (χ0) is 12.6. The number of hydrogen-bond acceptors (Lipinski definition) is 3. The molecule has 2 rings (SSSR count). The van der Waals surface area contributed by atoms with Crippen LogP contribution in [0.25, 0.3) is 0 Å². The third kappa shape index (κ3) is 2.22. The molecule has 1 heterocycles. The molecule has 1 spiro atoms. The van der Waals surface area contributed by atoms with Crippen molar-refractivity contribution in [2.75, 3.05) is 12.0 Å². The van der Waals surface area contributed by atoms with Crippen LogP contribution in [0.4, 0.5) is 0 Å². The topological polar surface area (TPSA) is 32.3 Å². The molecule has 0 aromatic rings. The molecule has 2 aliphatic rings. The van der Waals surface area contributed by atoms with Crippen LogP contribution < -0.4 is 5.32 Å². The Morgan fingerprint density at radius 1 is 1.53 bits per heavy atom. The molecule has 1 aliphatic carbocycles. The zero-order valence-corrected chi connectivity index (χ0v) is 12.1. The van der Waals surface area contributed by atoms with E-state index in [1.165, 1.54) is 0 Å². The number of carbonyl (C=O) groups excluding carboxylic acids is 1. The van der Waals surface area contributed by atoms with Gasteiger partial charge < -0.3 is 4.90 Å². The Kier molecular flexibility index (Phi) is 3.74. The number of rotatable bonds is 5. The van der Waals surface area contributed by atoms with E-state index in [0.29, 0.717) is 17.9 Å². The van der Waals surface area contributed by atoms with Gasteiger partial charge in [0.05, 0.1) is 11.7 Å². The summed E-state index contributed by atoms with van der Waals surface area (Å²) >= 11 is 1.84. The van der Waals surface area contributed by atoms with E-state index in [9.17, 15) is 4.79 Å². The van der Waals surface area contributed by atoms with Gasteiger partial charge in [0.25, 0.3) is 0 Å². The molecule has 17 heavy (non-hydrogen) atoms. The highest BCUT2D eigenvalue weighted by molar-refractivity contribution is 7.98. The Morgan fingerprint density at radius 2 is 2.18 bits per heavy atom. The minimum Gasteiger partial charge on any atom is -0.321 e. The maximum absolute atomic E-state index is 12.5.